The Bertz CT molecular complexity index is 376. The molecule has 1 heterocycles. The van der Waals surface area contributed by atoms with Crippen molar-refractivity contribution in [3.63, 3.8) is 0 Å². The van der Waals surface area contributed by atoms with Gasteiger partial charge in [0.15, 0.2) is 0 Å². The van der Waals surface area contributed by atoms with Gasteiger partial charge in [-0.3, -0.25) is 0 Å². The van der Waals surface area contributed by atoms with Crippen LogP contribution in [0, 0.1) is 5.41 Å². The number of ether oxygens (including phenoxy) is 1. The Morgan fingerprint density at radius 1 is 1.47 bits per heavy atom. The summed E-state index contributed by atoms with van der Waals surface area (Å²) in [5.74, 6) is 0.885. The summed E-state index contributed by atoms with van der Waals surface area (Å²) in [4.78, 5) is 0. The average molecular weight is 270 g/mol. The first-order chi connectivity index (χ1) is 7.04. The molecule has 1 saturated heterocycles. The molecular weight excluding hydrogens is 254 g/mol. The molecule has 1 aliphatic heterocycles. The van der Waals surface area contributed by atoms with Crippen molar-refractivity contribution in [3.05, 3.63) is 28.2 Å². The Kier molecular flexibility index (Phi) is 2.77. The van der Waals surface area contributed by atoms with Crippen molar-refractivity contribution in [2.24, 2.45) is 5.41 Å². The number of methoxy groups -OCH3 is 1. The molecule has 1 aromatic carbocycles. The fourth-order valence-corrected chi connectivity index (χ4v) is 2.60. The van der Waals surface area contributed by atoms with Gasteiger partial charge in [0.2, 0.25) is 0 Å². The first-order valence-electron chi connectivity index (χ1n) is 5.11. The fourth-order valence-electron chi connectivity index (χ4n) is 2.04. The van der Waals surface area contributed by atoms with Crippen LogP contribution in [-0.4, -0.2) is 13.7 Å². The van der Waals surface area contributed by atoms with Crippen LogP contribution in [0.1, 0.15) is 25.5 Å². The van der Waals surface area contributed by atoms with Crippen LogP contribution < -0.4 is 10.1 Å². The predicted molar refractivity (Wildman–Crippen MR) is 65.2 cm³/mol. The molecule has 0 bridgehead atoms. The first kappa shape index (κ1) is 11.0. The Hall–Kier alpha value is -0.540. The quantitative estimate of drug-likeness (QED) is 0.891. The number of hydrogen-bond donors (Lipinski definition) is 1. The third kappa shape index (κ3) is 1.91. The summed E-state index contributed by atoms with van der Waals surface area (Å²) in [6.45, 7) is 5.65. The van der Waals surface area contributed by atoms with Gasteiger partial charge in [-0.25, -0.2) is 0 Å². The smallest absolute Gasteiger partial charge is 0.133 e. The van der Waals surface area contributed by atoms with Crippen LogP contribution in [0.4, 0.5) is 0 Å². The van der Waals surface area contributed by atoms with Crippen LogP contribution in [-0.2, 0) is 0 Å². The zero-order valence-electron chi connectivity index (χ0n) is 9.30. The van der Waals surface area contributed by atoms with Crippen molar-refractivity contribution in [2.45, 2.75) is 19.9 Å². The van der Waals surface area contributed by atoms with Crippen LogP contribution in [0.25, 0.3) is 0 Å². The van der Waals surface area contributed by atoms with Crippen molar-refractivity contribution >= 4 is 15.9 Å². The van der Waals surface area contributed by atoms with E-state index in [2.05, 4.69) is 47.2 Å². The van der Waals surface area contributed by atoms with Gasteiger partial charge in [-0.2, -0.15) is 0 Å². The molecule has 0 aromatic heterocycles. The summed E-state index contributed by atoms with van der Waals surface area (Å²) in [5.41, 5.74) is 1.67. The summed E-state index contributed by atoms with van der Waals surface area (Å²) in [5, 5.41) is 3.46. The van der Waals surface area contributed by atoms with Gasteiger partial charge in [-0.1, -0.05) is 19.9 Å². The normalized spacial score (nSPS) is 23.3. The molecule has 3 heteroatoms. The SMILES string of the molecule is COc1ccc(C2NCC2(C)C)cc1Br. The van der Waals surface area contributed by atoms with E-state index < -0.39 is 0 Å². The van der Waals surface area contributed by atoms with E-state index in [1.54, 1.807) is 7.11 Å². The molecule has 0 aliphatic carbocycles. The molecule has 1 unspecified atom stereocenters. The third-order valence-electron chi connectivity index (χ3n) is 3.05. The van der Waals surface area contributed by atoms with E-state index in [1.165, 1.54) is 5.56 Å². The summed E-state index contributed by atoms with van der Waals surface area (Å²) in [6.07, 6.45) is 0. The van der Waals surface area contributed by atoms with Gasteiger partial charge in [-0.05, 0) is 39.0 Å². The van der Waals surface area contributed by atoms with Crippen molar-refractivity contribution in [2.75, 3.05) is 13.7 Å². The molecule has 1 aromatic rings. The van der Waals surface area contributed by atoms with Gasteiger partial charge in [0.1, 0.15) is 5.75 Å². The van der Waals surface area contributed by atoms with Gasteiger partial charge >= 0.3 is 0 Å². The van der Waals surface area contributed by atoms with Crippen molar-refractivity contribution in [1.29, 1.82) is 0 Å². The summed E-state index contributed by atoms with van der Waals surface area (Å²) >= 11 is 3.51. The molecule has 2 rings (SSSR count). The highest BCUT2D eigenvalue weighted by Crippen LogP contribution is 2.41. The number of benzene rings is 1. The highest BCUT2D eigenvalue weighted by molar-refractivity contribution is 9.10. The van der Waals surface area contributed by atoms with Gasteiger partial charge in [0.25, 0.3) is 0 Å². The average Bonchev–Trinajstić information content (AvgIpc) is 2.17. The zero-order chi connectivity index (χ0) is 11.1. The first-order valence-corrected chi connectivity index (χ1v) is 5.91. The Balaban J connectivity index is 2.27. The topological polar surface area (TPSA) is 21.3 Å². The summed E-state index contributed by atoms with van der Waals surface area (Å²) in [6, 6.07) is 6.73. The van der Waals surface area contributed by atoms with Gasteiger partial charge in [0, 0.05) is 12.6 Å². The van der Waals surface area contributed by atoms with E-state index in [-0.39, 0.29) is 0 Å². The fraction of sp³-hybridized carbons (Fsp3) is 0.500. The minimum absolute atomic E-state index is 0.355. The number of rotatable bonds is 2. The second kappa shape index (κ2) is 3.80. The van der Waals surface area contributed by atoms with Crippen LogP contribution in [0.15, 0.2) is 22.7 Å². The molecule has 0 amide bonds. The molecule has 15 heavy (non-hydrogen) atoms. The molecular formula is C12H16BrNO. The highest BCUT2D eigenvalue weighted by Gasteiger charge is 2.39. The molecule has 1 N–H and O–H groups in total. The number of hydrogen-bond acceptors (Lipinski definition) is 2. The lowest BCUT2D eigenvalue weighted by Crippen LogP contribution is -2.52. The Morgan fingerprint density at radius 3 is 2.60 bits per heavy atom. The molecule has 1 atom stereocenters. The molecule has 2 nitrogen and oxygen atoms in total. The maximum atomic E-state index is 5.22. The van der Waals surface area contributed by atoms with Gasteiger partial charge in [-0.15, -0.1) is 0 Å². The van der Waals surface area contributed by atoms with Crippen LogP contribution in [0.2, 0.25) is 0 Å². The molecule has 1 aliphatic rings. The largest absolute Gasteiger partial charge is 0.496 e. The Labute approximate surface area is 99.1 Å². The second-order valence-electron chi connectivity index (χ2n) is 4.70. The second-order valence-corrected chi connectivity index (χ2v) is 5.55. The van der Waals surface area contributed by atoms with Gasteiger partial charge in [0.05, 0.1) is 11.6 Å². The lowest BCUT2D eigenvalue weighted by molar-refractivity contribution is 0.128. The van der Waals surface area contributed by atoms with E-state index in [9.17, 15) is 0 Å². The van der Waals surface area contributed by atoms with Crippen LogP contribution in [0.3, 0.4) is 0 Å². The van der Waals surface area contributed by atoms with E-state index in [0.29, 0.717) is 11.5 Å². The minimum Gasteiger partial charge on any atom is -0.496 e. The number of halogens is 1. The molecule has 0 saturated carbocycles. The van der Waals surface area contributed by atoms with Crippen molar-refractivity contribution in [1.82, 2.24) is 5.32 Å². The highest BCUT2D eigenvalue weighted by atomic mass is 79.9. The predicted octanol–water partition coefficient (Wildman–Crippen LogP) is 3.13. The summed E-state index contributed by atoms with van der Waals surface area (Å²) in [7, 11) is 1.69. The van der Waals surface area contributed by atoms with E-state index >= 15 is 0 Å². The minimum atomic E-state index is 0.355. The lowest BCUT2D eigenvalue weighted by Gasteiger charge is -2.46. The van der Waals surface area contributed by atoms with E-state index in [4.69, 9.17) is 4.74 Å². The standard InChI is InChI=1S/C12H16BrNO/c1-12(2)7-14-11(12)8-4-5-10(15-3)9(13)6-8/h4-6,11,14H,7H2,1-3H3. The van der Waals surface area contributed by atoms with Crippen molar-refractivity contribution in [3.8, 4) is 5.75 Å². The van der Waals surface area contributed by atoms with E-state index in [1.807, 2.05) is 6.07 Å². The number of nitrogens with one attached hydrogen (secondary N) is 1. The maximum absolute atomic E-state index is 5.22. The maximum Gasteiger partial charge on any atom is 0.133 e. The van der Waals surface area contributed by atoms with Crippen molar-refractivity contribution < 1.29 is 4.74 Å². The third-order valence-corrected chi connectivity index (χ3v) is 3.67. The van der Waals surface area contributed by atoms with Crippen LogP contribution >= 0.6 is 15.9 Å². The summed E-state index contributed by atoms with van der Waals surface area (Å²) < 4.78 is 6.24. The van der Waals surface area contributed by atoms with E-state index in [0.717, 1.165) is 16.8 Å². The monoisotopic (exact) mass is 269 g/mol. The van der Waals surface area contributed by atoms with Crippen LogP contribution in [0.5, 0.6) is 5.75 Å². The Morgan fingerprint density at radius 2 is 2.20 bits per heavy atom. The molecule has 0 radical (unpaired) electrons. The van der Waals surface area contributed by atoms with Gasteiger partial charge < -0.3 is 10.1 Å². The molecule has 1 fully saturated rings. The zero-order valence-corrected chi connectivity index (χ0v) is 10.9. The molecule has 82 valence electrons. The molecule has 0 spiro atoms. The lowest BCUT2D eigenvalue weighted by atomic mass is 9.74.